The van der Waals surface area contributed by atoms with Crippen molar-refractivity contribution in [1.82, 2.24) is 9.78 Å². The molecule has 0 amide bonds. The molecule has 0 bridgehead atoms. The molecule has 0 spiro atoms. The Labute approximate surface area is 126 Å². The molecule has 1 aromatic heterocycles. The molecular weight excluding hydrogens is 352 g/mol. The maximum absolute atomic E-state index is 11.0. The molecule has 0 aliphatic carbocycles. The zero-order valence-corrected chi connectivity index (χ0v) is 13.4. The van der Waals surface area contributed by atoms with Crippen LogP contribution in [0.5, 0.6) is 0 Å². The number of halogens is 1. The molecule has 114 valence electrons. The zero-order valence-electron chi connectivity index (χ0n) is 11.0. The highest BCUT2D eigenvalue weighted by atomic mass is 79.9. The van der Waals surface area contributed by atoms with E-state index in [0.717, 1.165) is 5.69 Å². The van der Waals surface area contributed by atoms with E-state index in [2.05, 4.69) is 21.0 Å². The first-order valence-electron chi connectivity index (χ1n) is 6.18. The first kappa shape index (κ1) is 15.9. The lowest BCUT2D eigenvalue weighted by Crippen LogP contribution is -2.27. The van der Waals surface area contributed by atoms with E-state index in [1.807, 2.05) is 6.07 Å². The third-order valence-electron chi connectivity index (χ3n) is 3.20. The van der Waals surface area contributed by atoms with E-state index in [1.165, 1.54) is 0 Å². The maximum atomic E-state index is 11.0. The molecule has 2 unspecified atom stereocenters. The monoisotopic (exact) mass is 368 g/mol. The van der Waals surface area contributed by atoms with Gasteiger partial charge in [-0.1, -0.05) is 0 Å². The smallest absolute Gasteiger partial charge is 0.265 e. The molecule has 1 aliphatic heterocycles. The third-order valence-corrected chi connectivity index (χ3v) is 4.48. The fourth-order valence-electron chi connectivity index (χ4n) is 2.40. The third kappa shape index (κ3) is 4.26. The summed E-state index contributed by atoms with van der Waals surface area (Å²) in [4.78, 5) is 0. The van der Waals surface area contributed by atoms with Crippen LogP contribution in [0.25, 0.3) is 0 Å². The van der Waals surface area contributed by atoms with E-state index >= 15 is 0 Å². The van der Waals surface area contributed by atoms with Crippen molar-refractivity contribution in [1.29, 1.82) is 0 Å². The van der Waals surface area contributed by atoms with E-state index in [0.29, 0.717) is 30.8 Å². The van der Waals surface area contributed by atoms with Crippen LogP contribution in [0.1, 0.15) is 24.6 Å². The summed E-state index contributed by atoms with van der Waals surface area (Å²) < 4.78 is 44.0. The quantitative estimate of drug-likeness (QED) is 0.793. The molecule has 0 radical (unpaired) electrons. The molecule has 1 N–H and O–H groups in total. The van der Waals surface area contributed by atoms with Crippen LogP contribution in [0.3, 0.4) is 0 Å². The topological polar surface area (TPSA) is 90.7 Å². The average molecular weight is 369 g/mol. The first-order valence-corrected chi connectivity index (χ1v) is 8.58. The van der Waals surface area contributed by atoms with E-state index in [-0.39, 0.29) is 17.8 Å². The Morgan fingerprint density at radius 1 is 1.65 bits per heavy atom. The van der Waals surface area contributed by atoms with Crippen molar-refractivity contribution in [3.63, 3.8) is 0 Å². The summed E-state index contributed by atoms with van der Waals surface area (Å²) in [5.41, 5.74) is 0.832. The minimum absolute atomic E-state index is 0.117. The molecule has 2 heterocycles. The molecule has 2 rings (SSSR count). The fraction of sp³-hybridized carbons (Fsp3) is 0.727. The SMILES string of the molecule is COCn1nc(Br)cc1C1CC(CS(=O)(=O)O)CCO1. The number of hydrogen-bond acceptors (Lipinski definition) is 5. The Morgan fingerprint density at radius 2 is 2.40 bits per heavy atom. The largest absolute Gasteiger partial charge is 0.372 e. The van der Waals surface area contributed by atoms with Gasteiger partial charge < -0.3 is 9.47 Å². The van der Waals surface area contributed by atoms with E-state index in [9.17, 15) is 8.42 Å². The van der Waals surface area contributed by atoms with Crippen LogP contribution in [0.15, 0.2) is 10.7 Å². The van der Waals surface area contributed by atoms with Crippen LogP contribution in [0.2, 0.25) is 0 Å². The van der Waals surface area contributed by atoms with Crippen LogP contribution in [-0.2, 0) is 26.3 Å². The van der Waals surface area contributed by atoms with Crippen molar-refractivity contribution in [3.8, 4) is 0 Å². The van der Waals surface area contributed by atoms with Gasteiger partial charge in [-0.05, 0) is 40.8 Å². The van der Waals surface area contributed by atoms with Gasteiger partial charge in [-0.3, -0.25) is 4.55 Å². The number of nitrogens with zero attached hydrogens (tertiary/aromatic N) is 2. The van der Waals surface area contributed by atoms with Gasteiger partial charge in [-0.25, -0.2) is 4.68 Å². The Hall–Kier alpha value is -0.480. The lowest BCUT2D eigenvalue weighted by atomic mass is 9.96. The van der Waals surface area contributed by atoms with Crippen LogP contribution in [-0.4, -0.2) is 42.2 Å². The zero-order chi connectivity index (χ0) is 14.8. The second kappa shape index (κ2) is 6.52. The molecule has 1 fully saturated rings. The van der Waals surface area contributed by atoms with Crippen molar-refractivity contribution in [3.05, 3.63) is 16.4 Å². The van der Waals surface area contributed by atoms with Crippen molar-refractivity contribution >= 4 is 26.0 Å². The molecular formula is C11H17BrN2O5S. The van der Waals surface area contributed by atoms with Gasteiger partial charge >= 0.3 is 0 Å². The highest BCUT2D eigenvalue weighted by molar-refractivity contribution is 9.10. The lowest BCUT2D eigenvalue weighted by molar-refractivity contribution is -0.0149. The van der Waals surface area contributed by atoms with Gasteiger partial charge in [0.05, 0.1) is 17.6 Å². The molecule has 9 heteroatoms. The normalized spacial score (nSPS) is 23.9. The maximum Gasteiger partial charge on any atom is 0.265 e. The highest BCUT2D eigenvalue weighted by Crippen LogP contribution is 2.33. The summed E-state index contributed by atoms with van der Waals surface area (Å²) in [5, 5.41) is 4.24. The Bertz CT molecular complexity index is 559. The summed E-state index contributed by atoms with van der Waals surface area (Å²) in [7, 11) is -2.38. The Balaban J connectivity index is 2.12. The number of methoxy groups -OCH3 is 1. The summed E-state index contributed by atoms with van der Waals surface area (Å²) in [6.07, 6.45) is 0.904. The second-order valence-electron chi connectivity index (χ2n) is 4.81. The summed E-state index contributed by atoms with van der Waals surface area (Å²) in [6, 6.07) is 1.83. The molecule has 0 saturated carbocycles. The number of rotatable bonds is 5. The first-order chi connectivity index (χ1) is 9.39. The average Bonchev–Trinajstić information content (AvgIpc) is 2.69. The van der Waals surface area contributed by atoms with Crippen molar-refractivity contribution in [2.45, 2.75) is 25.7 Å². The predicted octanol–water partition coefficient (Wildman–Crippen LogP) is 1.60. The van der Waals surface area contributed by atoms with Crippen LogP contribution in [0, 0.1) is 5.92 Å². The van der Waals surface area contributed by atoms with Gasteiger partial charge in [0.1, 0.15) is 11.3 Å². The standard InChI is InChI=1S/C11H17BrN2O5S/c1-18-7-14-9(5-11(12)13-14)10-4-8(2-3-19-10)6-20(15,16)17/h5,8,10H,2-4,6-7H2,1H3,(H,15,16,17). The van der Waals surface area contributed by atoms with Crippen LogP contribution < -0.4 is 0 Å². The molecule has 1 saturated heterocycles. The Morgan fingerprint density at radius 3 is 3.05 bits per heavy atom. The van der Waals surface area contributed by atoms with Gasteiger partial charge in [-0.15, -0.1) is 0 Å². The molecule has 0 aromatic carbocycles. The molecule has 7 nitrogen and oxygen atoms in total. The Kier molecular flexibility index (Phi) is 5.19. The number of hydrogen-bond donors (Lipinski definition) is 1. The fourth-order valence-corrected chi connectivity index (χ4v) is 3.73. The minimum atomic E-state index is -3.96. The van der Waals surface area contributed by atoms with Crippen molar-refractivity contribution in [2.24, 2.45) is 5.92 Å². The lowest BCUT2D eigenvalue weighted by Gasteiger charge is -2.29. The van der Waals surface area contributed by atoms with Crippen molar-refractivity contribution in [2.75, 3.05) is 19.5 Å². The van der Waals surface area contributed by atoms with E-state index in [4.69, 9.17) is 14.0 Å². The molecule has 2 atom stereocenters. The molecule has 20 heavy (non-hydrogen) atoms. The highest BCUT2D eigenvalue weighted by Gasteiger charge is 2.29. The van der Waals surface area contributed by atoms with Gasteiger partial charge in [0.15, 0.2) is 0 Å². The van der Waals surface area contributed by atoms with Gasteiger partial charge in [0.25, 0.3) is 10.1 Å². The second-order valence-corrected chi connectivity index (χ2v) is 7.12. The summed E-state index contributed by atoms with van der Waals surface area (Å²) in [5.74, 6) is -0.347. The van der Waals surface area contributed by atoms with Crippen LogP contribution >= 0.6 is 15.9 Å². The number of aromatic nitrogens is 2. The van der Waals surface area contributed by atoms with E-state index < -0.39 is 10.1 Å². The summed E-state index contributed by atoms with van der Waals surface area (Å²) >= 11 is 3.30. The molecule has 1 aromatic rings. The number of ether oxygens (including phenoxy) is 2. The van der Waals surface area contributed by atoms with E-state index in [1.54, 1.807) is 11.8 Å². The van der Waals surface area contributed by atoms with Gasteiger partial charge in [0, 0.05) is 13.7 Å². The van der Waals surface area contributed by atoms with Crippen molar-refractivity contribution < 1.29 is 22.4 Å². The predicted molar refractivity (Wildman–Crippen MR) is 74.8 cm³/mol. The molecule has 1 aliphatic rings. The van der Waals surface area contributed by atoms with Gasteiger partial charge in [-0.2, -0.15) is 13.5 Å². The van der Waals surface area contributed by atoms with Crippen LogP contribution in [0.4, 0.5) is 0 Å². The summed E-state index contributed by atoms with van der Waals surface area (Å²) in [6.45, 7) is 0.754. The van der Waals surface area contributed by atoms with Gasteiger partial charge in [0.2, 0.25) is 0 Å². The minimum Gasteiger partial charge on any atom is -0.372 e.